The van der Waals surface area contributed by atoms with E-state index in [-0.39, 0.29) is 11.5 Å². The van der Waals surface area contributed by atoms with Crippen LogP contribution in [-0.2, 0) is 0 Å². The van der Waals surface area contributed by atoms with Crippen molar-refractivity contribution in [1.82, 2.24) is 9.80 Å². The van der Waals surface area contributed by atoms with Crippen molar-refractivity contribution >= 4 is 12.0 Å². The van der Waals surface area contributed by atoms with Crippen molar-refractivity contribution in [3.63, 3.8) is 0 Å². The maximum absolute atomic E-state index is 13.3. The average molecular weight is 342 g/mol. The molecule has 1 fully saturated rings. The van der Waals surface area contributed by atoms with E-state index in [0.717, 1.165) is 37.3 Å². The van der Waals surface area contributed by atoms with E-state index < -0.39 is 11.6 Å². The molecule has 1 aliphatic rings. The highest BCUT2D eigenvalue weighted by Crippen LogP contribution is 2.13. The molecule has 0 bridgehead atoms. The van der Waals surface area contributed by atoms with Crippen LogP contribution in [0.2, 0.25) is 0 Å². The van der Waals surface area contributed by atoms with Crippen molar-refractivity contribution in [2.75, 3.05) is 32.7 Å². The summed E-state index contributed by atoms with van der Waals surface area (Å²) in [6.07, 6.45) is 4.20. The molecule has 2 aromatic rings. The second-order valence-electron chi connectivity index (χ2n) is 6.03. The van der Waals surface area contributed by atoms with Crippen molar-refractivity contribution in [3.8, 4) is 0 Å². The molecule has 0 N–H and O–H groups in total. The largest absolute Gasteiger partial charge is 0.336 e. The molecule has 0 spiro atoms. The maximum Gasteiger partial charge on any atom is 0.254 e. The van der Waals surface area contributed by atoms with Gasteiger partial charge in [-0.05, 0) is 23.8 Å². The summed E-state index contributed by atoms with van der Waals surface area (Å²) < 4.78 is 26.3. The van der Waals surface area contributed by atoms with Gasteiger partial charge in [0.25, 0.3) is 5.91 Å². The molecule has 3 nitrogen and oxygen atoms in total. The van der Waals surface area contributed by atoms with Gasteiger partial charge >= 0.3 is 0 Å². The van der Waals surface area contributed by atoms with Crippen LogP contribution >= 0.6 is 0 Å². The molecule has 1 amide bonds. The molecule has 0 unspecified atom stereocenters. The van der Waals surface area contributed by atoms with Crippen LogP contribution in [0.5, 0.6) is 0 Å². The molecule has 130 valence electrons. The Morgan fingerprint density at radius 3 is 2.36 bits per heavy atom. The average Bonchev–Trinajstić information content (AvgIpc) is 2.65. The van der Waals surface area contributed by atoms with Gasteiger partial charge in [-0.25, -0.2) is 8.78 Å². The number of hydrogen-bond donors (Lipinski definition) is 0. The van der Waals surface area contributed by atoms with Gasteiger partial charge in [-0.3, -0.25) is 9.69 Å². The van der Waals surface area contributed by atoms with Gasteiger partial charge in [0.2, 0.25) is 0 Å². The van der Waals surface area contributed by atoms with Crippen molar-refractivity contribution in [2.24, 2.45) is 0 Å². The summed E-state index contributed by atoms with van der Waals surface area (Å²) in [5.74, 6) is -2.18. The molecule has 3 rings (SSSR count). The Hall–Kier alpha value is -2.53. The molecule has 1 aliphatic heterocycles. The highest BCUT2D eigenvalue weighted by molar-refractivity contribution is 5.94. The molecule has 1 heterocycles. The summed E-state index contributed by atoms with van der Waals surface area (Å²) in [4.78, 5) is 16.3. The van der Waals surface area contributed by atoms with Crippen LogP contribution in [0.3, 0.4) is 0 Å². The summed E-state index contributed by atoms with van der Waals surface area (Å²) >= 11 is 0. The zero-order chi connectivity index (χ0) is 17.6. The zero-order valence-corrected chi connectivity index (χ0v) is 13.9. The van der Waals surface area contributed by atoms with Crippen LogP contribution < -0.4 is 0 Å². The first kappa shape index (κ1) is 17.3. The summed E-state index contributed by atoms with van der Waals surface area (Å²) in [7, 11) is 0. The van der Waals surface area contributed by atoms with Gasteiger partial charge in [0, 0.05) is 38.3 Å². The molecule has 0 saturated carbocycles. The molecular weight excluding hydrogens is 322 g/mol. The predicted molar refractivity (Wildman–Crippen MR) is 94.2 cm³/mol. The summed E-state index contributed by atoms with van der Waals surface area (Å²) in [6, 6.07) is 13.4. The van der Waals surface area contributed by atoms with Crippen LogP contribution in [0.15, 0.2) is 54.6 Å². The topological polar surface area (TPSA) is 23.6 Å². The molecule has 5 heteroatoms. The van der Waals surface area contributed by atoms with Gasteiger partial charge in [-0.1, -0.05) is 42.5 Å². The molecule has 2 aromatic carbocycles. The molecule has 0 radical (unpaired) electrons. The normalized spacial score (nSPS) is 15.7. The minimum atomic E-state index is -0.990. The van der Waals surface area contributed by atoms with E-state index in [1.54, 1.807) is 4.90 Å². The van der Waals surface area contributed by atoms with E-state index in [4.69, 9.17) is 0 Å². The molecule has 0 aliphatic carbocycles. The summed E-state index contributed by atoms with van der Waals surface area (Å²) in [5, 5.41) is 0. The Kier molecular flexibility index (Phi) is 5.56. The predicted octanol–water partition coefficient (Wildman–Crippen LogP) is 3.44. The van der Waals surface area contributed by atoms with E-state index in [9.17, 15) is 13.6 Å². The smallest absolute Gasteiger partial charge is 0.254 e. The van der Waals surface area contributed by atoms with Crippen LogP contribution in [0.4, 0.5) is 8.78 Å². The summed E-state index contributed by atoms with van der Waals surface area (Å²) in [6.45, 7) is 3.50. The highest BCUT2D eigenvalue weighted by Gasteiger charge is 2.22. The lowest BCUT2D eigenvalue weighted by Crippen LogP contribution is -2.48. The number of piperazine rings is 1. The fourth-order valence-electron chi connectivity index (χ4n) is 2.85. The third-order valence-electron chi connectivity index (χ3n) is 4.30. The first-order valence-corrected chi connectivity index (χ1v) is 8.32. The number of carbonyl (C=O) groups is 1. The van der Waals surface area contributed by atoms with Crippen molar-refractivity contribution in [3.05, 3.63) is 77.4 Å². The molecule has 0 aromatic heterocycles. The number of rotatable bonds is 4. The van der Waals surface area contributed by atoms with Crippen LogP contribution in [0.25, 0.3) is 6.08 Å². The fraction of sp³-hybridized carbons (Fsp3) is 0.250. The van der Waals surface area contributed by atoms with Crippen molar-refractivity contribution < 1.29 is 13.6 Å². The monoisotopic (exact) mass is 342 g/mol. The second kappa shape index (κ2) is 8.03. The molecule has 1 saturated heterocycles. The molecule has 0 atom stereocenters. The van der Waals surface area contributed by atoms with Crippen molar-refractivity contribution in [1.29, 1.82) is 0 Å². The minimum Gasteiger partial charge on any atom is -0.336 e. The van der Waals surface area contributed by atoms with Gasteiger partial charge in [-0.15, -0.1) is 0 Å². The minimum absolute atomic E-state index is 0.191. The second-order valence-corrected chi connectivity index (χ2v) is 6.03. The first-order valence-electron chi connectivity index (χ1n) is 8.32. The Balaban J connectivity index is 1.50. The number of halogens is 2. The number of carbonyl (C=O) groups excluding carboxylic acids is 1. The van der Waals surface area contributed by atoms with Gasteiger partial charge in [-0.2, -0.15) is 0 Å². The van der Waals surface area contributed by atoms with Crippen LogP contribution in [0, 0.1) is 11.6 Å². The third-order valence-corrected chi connectivity index (χ3v) is 4.30. The van der Waals surface area contributed by atoms with Crippen LogP contribution in [0.1, 0.15) is 15.9 Å². The Labute approximate surface area is 146 Å². The SMILES string of the molecule is O=C(c1ccc(F)c(F)c1)N1CCN(C/C=C/c2ccccc2)CC1. The van der Waals surface area contributed by atoms with Gasteiger partial charge in [0.1, 0.15) is 0 Å². The lowest BCUT2D eigenvalue weighted by Gasteiger charge is -2.34. The number of amides is 1. The van der Waals surface area contributed by atoms with E-state index in [0.29, 0.717) is 13.1 Å². The Morgan fingerprint density at radius 2 is 1.68 bits per heavy atom. The van der Waals surface area contributed by atoms with Crippen LogP contribution in [-0.4, -0.2) is 48.4 Å². The van der Waals surface area contributed by atoms with E-state index in [2.05, 4.69) is 29.2 Å². The van der Waals surface area contributed by atoms with Crippen molar-refractivity contribution in [2.45, 2.75) is 0 Å². The Bertz CT molecular complexity index is 754. The van der Waals surface area contributed by atoms with Gasteiger partial charge < -0.3 is 4.90 Å². The van der Waals surface area contributed by atoms with E-state index in [1.807, 2.05) is 18.2 Å². The number of benzene rings is 2. The van der Waals surface area contributed by atoms with E-state index in [1.165, 1.54) is 6.07 Å². The number of nitrogens with zero attached hydrogens (tertiary/aromatic N) is 2. The van der Waals surface area contributed by atoms with Gasteiger partial charge in [0.05, 0.1) is 0 Å². The Morgan fingerprint density at radius 1 is 0.960 bits per heavy atom. The zero-order valence-electron chi connectivity index (χ0n) is 13.9. The van der Waals surface area contributed by atoms with E-state index >= 15 is 0 Å². The number of hydrogen-bond acceptors (Lipinski definition) is 2. The lowest BCUT2D eigenvalue weighted by atomic mass is 10.1. The summed E-state index contributed by atoms with van der Waals surface area (Å²) in [5.41, 5.74) is 1.35. The fourth-order valence-corrected chi connectivity index (χ4v) is 2.85. The lowest BCUT2D eigenvalue weighted by molar-refractivity contribution is 0.0649. The standard InChI is InChI=1S/C20H20F2N2O/c21-18-9-8-17(15-19(18)22)20(25)24-13-11-23(12-14-24)10-4-7-16-5-2-1-3-6-16/h1-9,15H,10-14H2/b7-4+. The maximum atomic E-state index is 13.3. The molecule has 25 heavy (non-hydrogen) atoms. The first-order chi connectivity index (χ1) is 12.1. The third kappa shape index (κ3) is 4.51. The highest BCUT2D eigenvalue weighted by atomic mass is 19.2. The molecular formula is C20H20F2N2O. The van der Waals surface area contributed by atoms with Gasteiger partial charge in [0.15, 0.2) is 11.6 Å². The quantitative estimate of drug-likeness (QED) is 0.850.